The Balaban J connectivity index is 2.32. The number of pyridine rings is 1. The van der Waals surface area contributed by atoms with E-state index in [4.69, 9.17) is 10.5 Å². The molecule has 1 heterocycles. The fourth-order valence-corrected chi connectivity index (χ4v) is 1.68. The van der Waals surface area contributed by atoms with E-state index in [0.29, 0.717) is 17.9 Å². The van der Waals surface area contributed by atoms with E-state index < -0.39 is 0 Å². The van der Waals surface area contributed by atoms with Gasteiger partial charge in [-0.3, -0.25) is 4.79 Å². The lowest BCUT2D eigenvalue weighted by molar-refractivity contribution is 0.0952. The van der Waals surface area contributed by atoms with Crippen LogP contribution in [0.4, 0.5) is 5.82 Å². The van der Waals surface area contributed by atoms with Gasteiger partial charge < -0.3 is 15.8 Å². The van der Waals surface area contributed by atoms with Crippen LogP contribution < -0.4 is 11.1 Å². The average molecular weight is 251 g/mol. The van der Waals surface area contributed by atoms with Gasteiger partial charge in [-0.05, 0) is 38.3 Å². The number of nitrogens with one attached hydrogen (secondary N) is 1. The lowest BCUT2D eigenvalue weighted by Crippen LogP contribution is -2.24. The zero-order chi connectivity index (χ0) is 13.4. The van der Waals surface area contributed by atoms with E-state index in [-0.39, 0.29) is 5.91 Å². The van der Waals surface area contributed by atoms with Gasteiger partial charge in [-0.15, -0.1) is 0 Å². The molecule has 1 amide bonds. The number of nitrogens with two attached hydrogens (primary N) is 1. The molecule has 0 saturated heterocycles. The third kappa shape index (κ3) is 5.14. The van der Waals surface area contributed by atoms with Crippen LogP contribution >= 0.6 is 0 Å². The summed E-state index contributed by atoms with van der Waals surface area (Å²) in [5, 5.41) is 2.87. The van der Waals surface area contributed by atoms with Gasteiger partial charge >= 0.3 is 0 Å². The largest absolute Gasteiger partial charge is 0.385 e. The molecular weight excluding hydrogens is 230 g/mol. The minimum Gasteiger partial charge on any atom is -0.385 e. The predicted octanol–water partition coefficient (Wildman–Crippen LogP) is 1.52. The first-order chi connectivity index (χ1) is 8.63. The number of anilines is 1. The molecule has 5 nitrogen and oxygen atoms in total. The quantitative estimate of drug-likeness (QED) is 0.720. The van der Waals surface area contributed by atoms with Crippen LogP contribution in [0.3, 0.4) is 0 Å². The minimum atomic E-state index is -0.0982. The van der Waals surface area contributed by atoms with E-state index in [0.717, 1.165) is 31.6 Å². The zero-order valence-corrected chi connectivity index (χ0v) is 11.0. The Labute approximate surface area is 108 Å². The van der Waals surface area contributed by atoms with Gasteiger partial charge in [-0.25, -0.2) is 4.98 Å². The number of nitrogen functional groups attached to an aromatic ring is 1. The Morgan fingerprint density at radius 2 is 2.17 bits per heavy atom. The standard InChI is InChI=1S/C13H21N3O2/c1-10-8-11(9-12(14)16-10)13(17)15-6-4-3-5-7-18-2/h8-9H,3-7H2,1-2H3,(H2,14,16)(H,15,17). The number of ether oxygens (including phenoxy) is 1. The summed E-state index contributed by atoms with van der Waals surface area (Å²) in [6.07, 6.45) is 3.02. The van der Waals surface area contributed by atoms with E-state index in [1.807, 2.05) is 6.92 Å². The Kier molecular flexibility index (Phi) is 6.14. The van der Waals surface area contributed by atoms with Crippen molar-refractivity contribution in [2.75, 3.05) is 26.0 Å². The molecule has 100 valence electrons. The molecule has 0 radical (unpaired) electrons. The maximum absolute atomic E-state index is 11.8. The second kappa shape index (κ2) is 7.66. The number of methoxy groups -OCH3 is 1. The van der Waals surface area contributed by atoms with Gasteiger partial charge in [0.25, 0.3) is 5.91 Å². The third-order valence-corrected chi connectivity index (χ3v) is 2.55. The van der Waals surface area contributed by atoms with Gasteiger partial charge in [0.2, 0.25) is 0 Å². The first-order valence-electron chi connectivity index (χ1n) is 6.15. The van der Waals surface area contributed by atoms with Crippen LogP contribution in [-0.2, 0) is 4.74 Å². The zero-order valence-electron chi connectivity index (χ0n) is 11.0. The average Bonchev–Trinajstić information content (AvgIpc) is 2.32. The summed E-state index contributed by atoms with van der Waals surface area (Å²) in [7, 11) is 1.69. The highest BCUT2D eigenvalue weighted by Gasteiger charge is 2.06. The lowest BCUT2D eigenvalue weighted by atomic mass is 10.2. The highest BCUT2D eigenvalue weighted by molar-refractivity contribution is 5.94. The van der Waals surface area contributed by atoms with Crippen LogP contribution in [-0.4, -0.2) is 31.2 Å². The van der Waals surface area contributed by atoms with Crippen molar-refractivity contribution in [3.63, 3.8) is 0 Å². The number of hydrogen-bond donors (Lipinski definition) is 2. The molecule has 0 atom stereocenters. The second-order valence-corrected chi connectivity index (χ2v) is 4.23. The predicted molar refractivity (Wildman–Crippen MR) is 71.4 cm³/mol. The molecular formula is C13H21N3O2. The monoisotopic (exact) mass is 251 g/mol. The lowest BCUT2D eigenvalue weighted by Gasteiger charge is -2.06. The second-order valence-electron chi connectivity index (χ2n) is 4.23. The normalized spacial score (nSPS) is 10.3. The SMILES string of the molecule is COCCCCCNC(=O)c1cc(C)nc(N)c1. The summed E-state index contributed by atoms with van der Waals surface area (Å²) in [6, 6.07) is 3.32. The van der Waals surface area contributed by atoms with E-state index >= 15 is 0 Å². The van der Waals surface area contributed by atoms with Gasteiger partial charge in [0, 0.05) is 31.5 Å². The molecule has 0 saturated carbocycles. The minimum absolute atomic E-state index is 0.0982. The number of rotatable bonds is 7. The highest BCUT2D eigenvalue weighted by atomic mass is 16.5. The van der Waals surface area contributed by atoms with Crippen LogP contribution in [0.2, 0.25) is 0 Å². The van der Waals surface area contributed by atoms with Crippen molar-refractivity contribution in [1.29, 1.82) is 0 Å². The smallest absolute Gasteiger partial charge is 0.251 e. The molecule has 0 bridgehead atoms. The third-order valence-electron chi connectivity index (χ3n) is 2.55. The Hall–Kier alpha value is -1.62. The van der Waals surface area contributed by atoms with Crippen LogP contribution in [0.1, 0.15) is 35.3 Å². The number of hydrogen-bond acceptors (Lipinski definition) is 4. The first-order valence-corrected chi connectivity index (χ1v) is 6.15. The number of carbonyl (C=O) groups is 1. The van der Waals surface area contributed by atoms with Gasteiger partial charge in [-0.1, -0.05) is 0 Å². The van der Waals surface area contributed by atoms with Gasteiger partial charge in [-0.2, -0.15) is 0 Å². The molecule has 1 aromatic rings. The van der Waals surface area contributed by atoms with E-state index in [1.54, 1.807) is 19.2 Å². The Morgan fingerprint density at radius 3 is 2.83 bits per heavy atom. The number of aryl methyl sites for hydroxylation is 1. The molecule has 18 heavy (non-hydrogen) atoms. The highest BCUT2D eigenvalue weighted by Crippen LogP contribution is 2.06. The maximum Gasteiger partial charge on any atom is 0.251 e. The molecule has 1 rings (SSSR count). The molecule has 0 spiro atoms. The maximum atomic E-state index is 11.8. The number of aromatic nitrogens is 1. The first kappa shape index (κ1) is 14.4. The van der Waals surface area contributed by atoms with Crippen molar-refractivity contribution < 1.29 is 9.53 Å². The summed E-state index contributed by atoms with van der Waals surface area (Å²) in [4.78, 5) is 15.8. The van der Waals surface area contributed by atoms with E-state index in [9.17, 15) is 4.79 Å². The molecule has 0 fully saturated rings. The fraction of sp³-hybridized carbons (Fsp3) is 0.538. The number of unbranched alkanes of at least 4 members (excludes halogenated alkanes) is 2. The number of carbonyl (C=O) groups excluding carboxylic acids is 1. The molecule has 0 aromatic carbocycles. The topological polar surface area (TPSA) is 77.2 Å². The van der Waals surface area contributed by atoms with Gasteiger partial charge in [0.15, 0.2) is 0 Å². The van der Waals surface area contributed by atoms with Crippen molar-refractivity contribution >= 4 is 11.7 Å². The van der Waals surface area contributed by atoms with E-state index in [1.165, 1.54) is 0 Å². The number of nitrogens with zero attached hydrogens (tertiary/aromatic N) is 1. The summed E-state index contributed by atoms with van der Waals surface area (Å²) in [5.41, 5.74) is 6.92. The molecule has 0 aliphatic rings. The Bertz CT molecular complexity index is 374. The molecule has 0 aliphatic carbocycles. The van der Waals surface area contributed by atoms with Crippen molar-refractivity contribution in [3.8, 4) is 0 Å². The van der Waals surface area contributed by atoms with Crippen molar-refractivity contribution in [1.82, 2.24) is 10.3 Å². The van der Waals surface area contributed by atoms with Crippen LogP contribution in [0.25, 0.3) is 0 Å². The summed E-state index contributed by atoms with van der Waals surface area (Å²) >= 11 is 0. The molecule has 1 aromatic heterocycles. The van der Waals surface area contributed by atoms with Crippen LogP contribution in [0.5, 0.6) is 0 Å². The Morgan fingerprint density at radius 1 is 1.39 bits per heavy atom. The summed E-state index contributed by atoms with van der Waals surface area (Å²) in [6.45, 7) is 3.26. The molecule has 0 aliphatic heterocycles. The summed E-state index contributed by atoms with van der Waals surface area (Å²) in [5.74, 6) is 0.277. The fourth-order valence-electron chi connectivity index (χ4n) is 1.68. The van der Waals surface area contributed by atoms with Crippen molar-refractivity contribution in [2.45, 2.75) is 26.2 Å². The molecule has 3 N–H and O–H groups in total. The van der Waals surface area contributed by atoms with Gasteiger partial charge in [0.05, 0.1) is 0 Å². The molecule has 5 heteroatoms. The molecule has 0 unspecified atom stereocenters. The van der Waals surface area contributed by atoms with Crippen molar-refractivity contribution in [2.24, 2.45) is 0 Å². The van der Waals surface area contributed by atoms with Crippen molar-refractivity contribution in [3.05, 3.63) is 23.4 Å². The summed E-state index contributed by atoms with van der Waals surface area (Å²) < 4.78 is 4.96. The van der Waals surface area contributed by atoms with E-state index in [2.05, 4.69) is 10.3 Å². The van der Waals surface area contributed by atoms with Crippen LogP contribution in [0.15, 0.2) is 12.1 Å². The number of amides is 1. The van der Waals surface area contributed by atoms with Crippen LogP contribution in [0, 0.1) is 6.92 Å². The van der Waals surface area contributed by atoms with Gasteiger partial charge in [0.1, 0.15) is 5.82 Å².